The van der Waals surface area contributed by atoms with Gasteiger partial charge in [-0.25, -0.2) is 9.37 Å². The SMILES string of the molecule is Cc1ccc(F)cc1-c1cc(N2CCC[C@H]2CO)ncc1N(C)C(=O)C(C)(C)c1cc(C(F)(F)F)cc(C(F)(F)F)c1. The third-order valence-corrected chi connectivity index (χ3v) is 7.75. The van der Waals surface area contributed by atoms with E-state index in [0.717, 1.165) is 17.7 Å². The fourth-order valence-electron chi connectivity index (χ4n) is 5.26. The van der Waals surface area contributed by atoms with Gasteiger partial charge in [0, 0.05) is 19.2 Å². The number of aromatic nitrogens is 1. The Kier molecular flexibility index (Phi) is 8.34. The number of aryl methyl sites for hydroxylation is 1. The smallest absolute Gasteiger partial charge is 0.394 e. The summed E-state index contributed by atoms with van der Waals surface area (Å²) in [6.07, 6.45) is -7.25. The largest absolute Gasteiger partial charge is 0.416 e. The number of nitrogens with zero attached hydrogens (tertiary/aromatic N) is 3. The van der Waals surface area contributed by atoms with Crippen molar-refractivity contribution in [3.05, 3.63) is 76.7 Å². The second-order valence-electron chi connectivity index (χ2n) is 11.0. The van der Waals surface area contributed by atoms with Crippen LogP contribution in [-0.2, 0) is 22.6 Å². The fourth-order valence-corrected chi connectivity index (χ4v) is 5.26. The predicted octanol–water partition coefficient (Wildman–Crippen LogP) is 7.14. The van der Waals surface area contributed by atoms with Crippen LogP contribution in [0.3, 0.4) is 0 Å². The van der Waals surface area contributed by atoms with Crippen molar-refractivity contribution >= 4 is 17.4 Å². The predicted molar refractivity (Wildman–Crippen MR) is 145 cm³/mol. The van der Waals surface area contributed by atoms with Crippen LogP contribution < -0.4 is 9.80 Å². The molecule has 0 spiro atoms. The molecular formula is C30H30F7N3O2. The average Bonchev–Trinajstić information content (AvgIpc) is 3.41. The summed E-state index contributed by atoms with van der Waals surface area (Å²) >= 11 is 0. The molecule has 1 fully saturated rings. The van der Waals surface area contributed by atoms with Crippen LogP contribution in [0.4, 0.5) is 42.2 Å². The number of amides is 1. The lowest BCUT2D eigenvalue weighted by atomic mass is 9.81. The molecule has 42 heavy (non-hydrogen) atoms. The molecule has 2 heterocycles. The Hall–Kier alpha value is -3.67. The number of benzene rings is 2. The van der Waals surface area contributed by atoms with Gasteiger partial charge in [-0.15, -0.1) is 0 Å². The normalized spacial score (nSPS) is 16.2. The van der Waals surface area contributed by atoms with E-state index in [4.69, 9.17) is 0 Å². The molecular weight excluding hydrogens is 567 g/mol. The van der Waals surface area contributed by atoms with Crippen molar-refractivity contribution in [1.82, 2.24) is 4.98 Å². The maximum Gasteiger partial charge on any atom is 0.416 e. The van der Waals surface area contributed by atoms with E-state index in [-0.39, 0.29) is 24.4 Å². The van der Waals surface area contributed by atoms with E-state index in [1.807, 2.05) is 4.90 Å². The van der Waals surface area contributed by atoms with Gasteiger partial charge in [0.05, 0.1) is 41.1 Å². The van der Waals surface area contributed by atoms with Crippen molar-refractivity contribution < 1.29 is 40.6 Å². The van der Waals surface area contributed by atoms with E-state index >= 15 is 0 Å². The van der Waals surface area contributed by atoms with Gasteiger partial charge < -0.3 is 14.9 Å². The van der Waals surface area contributed by atoms with Crippen molar-refractivity contribution in [2.45, 2.75) is 57.4 Å². The fraction of sp³-hybridized carbons (Fsp3) is 0.400. The zero-order chi connectivity index (χ0) is 31.2. The molecule has 1 atom stereocenters. The Morgan fingerprint density at radius 2 is 1.57 bits per heavy atom. The highest BCUT2D eigenvalue weighted by Crippen LogP contribution is 2.41. The van der Waals surface area contributed by atoms with Gasteiger partial charge in [0.2, 0.25) is 5.91 Å². The Bertz CT molecular complexity index is 1450. The van der Waals surface area contributed by atoms with E-state index in [0.29, 0.717) is 41.2 Å². The summed E-state index contributed by atoms with van der Waals surface area (Å²) in [5.74, 6) is -0.886. The molecule has 4 rings (SSSR count). The number of halogens is 7. The first-order chi connectivity index (χ1) is 19.4. The molecule has 0 radical (unpaired) electrons. The van der Waals surface area contributed by atoms with Crippen LogP contribution in [-0.4, -0.2) is 42.2 Å². The lowest BCUT2D eigenvalue weighted by Gasteiger charge is -2.32. The monoisotopic (exact) mass is 597 g/mol. The van der Waals surface area contributed by atoms with E-state index < -0.39 is 46.2 Å². The molecule has 1 amide bonds. The lowest BCUT2D eigenvalue weighted by Crippen LogP contribution is -2.42. The van der Waals surface area contributed by atoms with Crippen molar-refractivity contribution in [3.63, 3.8) is 0 Å². The molecule has 5 nitrogen and oxygen atoms in total. The molecule has 1 N–H and O–H groups in total. The second kappa shape index (κ2) is 11.2. The first-order valence-electron chi connectivity index (χ1n) is 13.2. The van der Waals surface area contributed by atoms with Gasteiger partial charge in [-0.05, 0) is 86.7 Å². The van der Waals surface area contributed by atoms with E-state index in [2.05, 4.69) is 4.98 Å². The van der Waals surface area contributed by atoms with Crippen LogP contribution in [0.25, 0.3) is 11.1 Å². The summed E-state index contributed by atoms with van der Waals surface area (Å²) in [5, 5.41) is 9.80. The Balaban J connectivity index is 1.84. The van der Waals surface area contributed by atoms with Gasteiger partial charge in [-0.1, -0.05) is 6.07 Å². The molecule has 0 unspecified atom stereocenters. The summed E-state index contributed by atoms with van der Waals surface area (Å²) in [5.41, 5.74) is -3.74. The zero-order valence-electron chi connectivity index (χ0n) is 23.4. The topological polar surface area (TPSA) is 56.7 Å². The number of rotatable bonds is 6. The highest BCUT2D eigenvalue weighted by atomic mass is 19.4. The Morgan fingerprint density at radius 1 is 0.976 bits per heavy atom. The molecule has 2 aromatic carbocycles. The van der Waals surface area contributed by atoms with Crippen LogP contribution >= 0.6 is 0 Å². The molecule has 1 saturated heterocycles. The van der Waals surface area contributed by atoms with Crippen LogP contribution in [0.5, 0.6) is 0 Å². The Morgan fingerprint density at radius 3 is 2.14 bits per heavy atom. The molecule has 1 aliphatic heterocycles. The molecule has 1 aromatic heterocycles. The molecule has 0 bridgehead atoms. The van der Waals surface area contributed by atoms with Gasteiger partial charge in [0.15, 0.2) is 0 Å². The molecule has 3 aromatic rings. The number of pyridine rings is 1. The summed E-state index contributed by atoms with van der Waals surface area (Å²) in [6, 6.07) is 6.66. The number of aliphatic hydroxyl groups excluding tert-OH is 1. The number of likely N-dealkylation sites (N-methyl/N-ethyl adjacent to an activating group) is 1. The number of hydrogen-bond acceptors (Lipinski definition) is 4. The van der Waals surface area contributed by atoms with Gasteiger partial charge in [0.25, 0.3) is 0 Å². The third-order valence-electron chi connectivity index (χ3n) is 7.75. The third kappa shape index (κ3) is 6.08. The zero-order valence-corrected chi connectivity index (χ0v) is 23.4. The minimum atomic E-state index is -5.08. The standard InChI is InChI=1S/C30H30F7N3O2/c1-17-7-8-21(31)13-23(17)24-14-26(40-9-5-6-22(40)16-41)38-15-25(24)39(4)27(42)28(2,3)18-10-19(29(32,33)34)12-20(11-18)30(35,36)37/h7-8,10-15,22,41H,5-6,9,16H2,1-4H3/t22-/m0/s1. The molecule has 226 valence electrons. The van der Waals surface area contributed by atoms with Crippen LogP contribution in [0.2, 0.25) is 0 Å². The van der Waals surface area contributed by atoms with Crippen LogP contribution in [0.15, 0.2) is 48.7 Å². The van der Waals surface area contributed by atoms with Crippen LogP contribution in [0.1, 0.15) is 48.9 Å². The molecule has 0 saturated carbocycles. The first kappa shape index (κ1) is 31.3. The van der Waals surface area contributed by atoms with E-state index in [1.54, 1.807) is 19.1 Å². The van der Waals surface area contributed by atoms with Gasteiger partial charge in [-0.2, -0.15) is 26.3 Å². The summed E-state index contributed by atoms with van der Waals surface area (Å²) < 4.78 is 95.7. The Labute approximate surface area is 238 Å². The highest BCUT2D eigenvalue weighted by molar-refractivity contribution is 6.03. The highest BCUT2D eigenvalue weighted by Gasteiger charge is 2.41. The van der Waals surface area contributed by atoms with Gasteiger partial charge >= 0.3 is 12.4 Å². The average molecular weight is 598 g/mol. The number of alkyl halides is 6. The summed E-state index contributed by atoms with van der Waals surface area (Å²) in [4.78, 5) is 21.4. The number of hydrogen-bond donors (Lipinski definition) is 1. The van der Waals surface area contributed by atoms with Gasteiger partial charge in [-0.3, -0.25) is 4.79 Å². The number of carbonyl (C=O) groups is 1. The van der Waals surface area contributed by atoms with Crippen molar-refractivity contribution in [3.8, 4) is 11.1 Å². The van der Waals surface area contributed by atoms with E-state index in [9.17, 15) is 40.6 Å². The number of anilines is 2. The van der Waals surface area contributed by atoms with E-state index in [1.165, 1.54) is 39.2 Å². The number of carbonyl (C=O) groups excluding carboxylic acids is 1. The van der Waals surface area contributed by atoms with Crippen molar-refractivity contribution in [2.75, 3.05) is 30.0 Å². The summed E-state index contributed by atoms with van der Waals surface area (Å²) in [6.45, 7) is 4.72. The minimum Gasteiger partial charge on any atom is -0.394 e. The first-order valence-corrected chi connectivity index (χ1v) is 13.2. The van der Waals surface area contributed by atoms with Crippen molar-refractivity contribution in [1.29, 1.82) is 0 Å². The maximum absolute atomic E-state index is 14.4. The number of aliphatic hydroxyl groups is 1. The van der Waals surface area contributed by atoms with Gasteiger partial charge in [0.1, 0.15) is 11.6 Å². The summed E-state index contributed by atoms with van der Waals surface area (Å²) in [7, 11) is 1.34. The minimum absolute atomic E-state index is 0.0131. The molecule has 1 aliphatic rings. The van der Waals surface area contributed by atoms with Crippen molar-refractivity contribution in [2.24, 2.45) is 0 Å². The molecule has 12 heteroatoms. The quantitative estimate of drug-likeness (QED) is 0.307. The second-order valence-corrected chi connectivity index (χ2v) is 11.0. The lowest BCUT2D eigenvalue weighted by molar-refractivity contribution is -0.143. The maximum atomic E-state index is 14.4. The molecule has 0 aliphatic carbocycles. The van der Waals surface area contributed by atoms with Crippen LogP contribution in [0, 0.1) is 12.7 Å².